The van der Waals surface area contributed by atoms with Crippen LogP contribution in [0.4, 0.5) is 0 Å². The van der Waals surface area contributed by atoms with Crippen molar-refractivity contribution in [2.75, 3.05) is 27.2 Å². The largest absolute Gasteiger partial charge is 0.469 e. The van der Waals surface area contributed by atoms with E-state index in [2.05, 4.69) is 29.1 Å². The van der Waals surface area contributed by atoms with Gasteiger partial charge in [-0.1, -0.05) is 30.3 Å². The Bertz CT molecular complexity index is 448. The summed E-state index contributed by atoms with van der Waals surface area (Å²) in [6.07, 6.45) is 0.920. The maximum atomic E-state index is 11.8. The second-order valence-electron chi connectivity index (χ2n) is 5.03. The highest BCUT2D eigenvalue weighted by Crippen LogP contribution is 2.17. The lowest BCUT2D eigenvalue weighted by molar-refractivity contribution is -0.140. The van der Waals surface area contributed by atoms with E-state index in [4.69, 9.17) is 0 Å². The topological polar surface area (TPSA) is 58.6 Å². The van der Waals surface area contributed by atoms with Crippen molar-refractivity contribution >= 4 is 11.9 Å². The molecule has 0 heterocycles. The van der Waals surface area contributed by atoms with Gasteiger partial charge in [-0.05, 0) is 26.0 Å². The molecule has 5 heteroatoms. The number of amides is 1. The first kappa shape index (κ1) is 17.2. The van der Waals surface area contributed by atoms with Crippen LogP contribution in [0.25, 0.3) is 0 Å². The molecule has 0 aliphatic carbocycles. The molecule has 0 fully saturated rings. The van der Waals surface area contributed by atoms with Crippen molar-refractivity contribution < 1.29 is 14.3 Å². The van der Waals surface area contributed by atoms with Gasteiger partial charge < -0.3 is 10.1 Å². The number of rotatable bonds is 8. The smallest absolute Gasteiger partial charge is 0.305 e. The number of carbonyl (C=O) groups excluding carboxylic acids is 2. The summed E-state index contributed by atoms with van der Waals surface area (Å²) in [5, 5.41) is 2.81. The molecule has 1 amide bonds. The maximum absolute atomic E-state index is 11.8. The summed E-state index contributed by atoms with van der Waals surface area (Å²) in [6, 6.07) is 10.2. The Hall–Kier alpha value is -1.88. The van der Waals surface area contributed by atoms with E-state index in [0.717, 1.165) is 0 Å². The number of nitrogens with one attached hydrogen (secondary N) is 1. The third kappa shape index (κ3) is 6.40. The van der Waals surface area contributed by atoms with Crippen LogP contribution in [0.1, 0.15) is 31.4 Å². The predicted molar refractivity (Wildman–Crippen MR) is 81.7 cm³/mol. The zero-order valence-corrected chi connectivity index (χ0v) is 13.0. The quantitative estimate of drug-likeness (QED) is 0.586. The van der Waals surface area contributed by atoms with Crippen molar-refractivity contribution in [3.63, 3.8) is 0 Å². The van der Waals surface area contributed by atoms with Crippen LogP contribution in [0.2, 0.25) is 0 Å². The monoisotopic (exact) mass is 292 g/mol. The summed E-state index contributed by atoms with van der Waals surface area (Å²) < 4.78 is 4.54. The van der Waals surface area contributed by atoms with Crippen molar-refractivity contribution in [1.82, 2.24) is 10.2 Å². The SMILES string of the molecule is COC(=O)CCCNC(=O)CN(C)C(C)c1ccccc1. The Balaban J connectivity index is 2.29. The molecule has 1 aromatic rings. The molecule has 1 atom stereocenters. The van der Waals surface area contributed by atoms with Crippen LogP contribution < -0.4 is 5.32 Å². The molecule has 1 rings (SSSR count). The Morgan fingerprint density at radius 3 is 2.57 bits per heavy atom. The summed E-state index contributed by atoms with van der Waals surface area (Å²) in [4.78, 5) is 24.8. The van der Waals surface area contributed by atoms with Crippen molar-refractivity contribution in [3.05, 3.63) is 35.9 Å². The van der Waals surface area contributed by atoms with E-state index in [1.165, 1.54) is 12.7 Å². The minimum Gasteiger partial charge on any atom is -0.469 e. The van der Waals surface area contributed by atoms with Crippen LogP contribution in [0.3, 0.4) is 0 Å². The van der Waals surface area contributed by atoms with Crippen molar-refractivity contribution in [1.29, 1.82) is 0 Å². The van der Waals surface area contributed by atoms with Gasteiger partial charge in [0, 0.05) is 19.0 Å². The Morgan fingerprint density at radius 2 is 1.95 bits per heavy atom. The summed E-state index contributed by atoms with van der Waals surface area (Å²) >= 11 is 0. The molecule has 1 unspecified atom stereocenters. The second-order valence-corrected chi connectivity index (χ2v) is 5.03. The van der Waals surface area contributed by atoms with Crippen LogP contribution in [-0.2, 0) is 14.3 Å². The first-order chi connectivity index (χ1) is 10.0. The lowest BCUT2D eigenvalue weighted by Crippen LogP contribution is -2.36. The van der Waals surface area contributed by atoms with E-state index in [-0.39, 0.29) is 17.9 Å². The van der Waals surface area contributed by atoms with Crippen LogP contribution in [0, 0.1) is 0 Å². The Morgan fingerprint density at radius 1 is 1.29 bits per heavy atom. The summed E-state index contributed by atoms with van der Waals surface area (Å²) in [5.74, 6) is -0.288. The number of hydrogen-bond acceptors (Lipinski definition) is 4. The number of nitrogens with zero attached hydrogens (tertiary/aromatic N) is 1. The molecule has 0 radical (unpaired) electrons. The average Bonchev–Trinajstić information content (AvgIpc) is 2.51. The Labute approximate surface area is 126 Å². The van der Waals surface area contributed by atoms with Gasteiger partial charge in [0.15, 0.2) is 0 Å². The van der Waals surface area contributed by atoms with Gasteiger partial charge in [0.2, 0.25) is 5.91 Å². The standard InChI is InChI=1S/C16H24N2O3/c1-13(14-8-5-4-6-9-14)18(2)12-15(19)17-11-7-10-16(20)21-3/h4-6,8-9,13H,7,10-12H2,1-3H3,(H,17,19). The van der Waals surface area contributed by atoms with Crippen LogP contribution in [-0.4, -0.2) is 44.0 Å². The number of esters is 1. The number of ether oxygens (including phenoxy) is 1. The van der Waals surface area contributed by atoms with E-state index >= 15 is 0 Å². The van der Waals surface area contributed by atoms with Crippen molar-refractivity contribution in [3.8, 4) is 0 Å². The molecule has 0 spiro atoms. The molecule has 0 aliphatic rings. The number of hydrogen-bond donors (Lipinski definition) is 1. The molecule has 21 heavy (non-hydrogen) atoms. The lowest BCUT2D eigenvalue weighted by atomic mass is 10.1. The third-order valence-electron chi connectivity index (χ3n) is 3.44. The van der Waals surface area contributed by atoms with Gasteiger partial charge in [-0.15, -0.1) is 0 Å². The van der Waals surface area contributed by atoms with E-state index in [1.807, 2.05) is 30.1 Å². The van der Waals surface area contributed by atoms with Gasteiger partial charge >= 0.3 is 5.97 Å². The molecule has 1 aromatic carbocycles. The van der Waals surface area contributed by atoms with Gasteiger partial charge in [-0.2, -0.15) is 0 Å². The second kappa shape index (κ2) is 9.13. The van der Waals surface area contributed by atoms with E-state index < -0.39 is 0 Å². The number of benzene rings is 1. The first-order valence-electron chi connectivity index (χ1n) is 7.13. The minimum atomic E-state index is -0.251. The van der Waals surface area contributed by atoms with Crippen LogP contribution >= 0.6 is 0 Å². The highest BCUT2D eigenvalue weighted by molar-refractivity contribution is 5.78. The van der Waals surface area contributed by atoms with Gasteiger partial charge in [0.1, 0.15) is 0 Å². The summed E-state index contributed by atoms with van der Waals surface area (Å²) in [7, 11) is 3.28. The predicted octanol–water partition coefficient (Wildman–Crippen LogP) is 1.75. The van der Waals surface area contributed by atoms with Crippen molar-refractivity contribution in [2.45, 2.75) is 25.8 Å². The molecular weight excluding hydrogens is 268 g/mol. The van der Waals surface area contributed by atoms with Gasteiger partial charge in [0.25, 0.3) is 0 Å². The number of carbonyl (C=O) groups is 2. The van der Waals surface area contributed by atoms with E-state index in [9.17, 15) is 9.59 Å². The van der Waals surface area contributed by atoms with Crippen LogP contribution in [0.5, 0.6) is 0 Å². The summed E-state index contributed by atoms with van der Waals surface area (Å²) in [6.45, 7) is 2.88. The highest BCUT2D eigenvalue weighted by atomic mass is 16.5. The molecule has 1 N–H and O–H groups in total. The molecule has 0 saturated carbocycles. The maximum Gasteiger partial charge on any atom is 0.305 e. The lowest BCUT2D eigenvalue weighted by Gasteiger charge is -2.24. The molecule has 116 valence electrons. The number of likely N-dealkylation sites (N-methyl/N-ethyl adjacent to an activating group) is 1. The highest BCUT2D eigenvalue weighted by Gasteiger charge is 2.14. The Kier molecular flexibility index (Phi) is 7.46. The van der Waals surface area contributed by atoms with Crippen molar-refractivity contribution in [2.24, 2.45) is 0 Å². The summed E-state index contributed by atoms with van der Waals surface area (Å²) in [5.41, 5.74) is 1.18. The molecule has 0 aliphatic heterocycles. The minimum absolute atomic E-state index is 0.0369. The molecule has 5 nitrogen and oxygen atoms in total. The zero-order chi connectivity index (χ0) is 15.7. The molecular formula is C16H24N2O3. The average molecular weight is 292 g/mol. The molecule has 0 bridgehead atoms. The molecule has 0 aromatic heterocycles. The van der Waals surface area contributed by atoms with Gasteiger partial charge in [0.05, 0.1) is 13.7 Å². The fourth-order valence-electron chi connectivity index (χ4n) is 1.97. The van der Waals surface area contributed by atoms with Gasteiger partial charge in [-0.25, -0.2) is 0 Å². The van der Waals surface area contributed by atoms with E-state index in [1.54, 1.807) is 0 Å². The normalized spacial score (nSPS) is 12.0. The van der Waals surface area contributed by atoms with Crippen LogP contribution in [0.15, 0.2) is 30.3 Å². The van der Waals surface area contributed by atoms with E-state index in [0.29, 0.717) is 25.9 Å². The zero-order valence-electron chi connectivity index (χ0n) is 13.0. The third-order valence-corrected chi connectivity index (χ3v) is 3.44. The fraction of sp³-hybridized carbons (Fsp3) is 0.500. The fourth-order valence-corrected chi connectivity index (χ4v) is 1.97. The molecule has 0 saturated heterocycles. The van der Waals surface area contributed by atoms with Gasteiger partial charge in [-0.3, -0.25) is 14.5 Å². The first-order valence-corrected chi connectivity index (χ1v) is 7.13. The number of methoxy groups -OCH3 is 1.